The summed E-state index contributed by atoms with van der Waals surface area (Å²) in [5, 5.41) is 6.84. The summed E-state index contributed by atoms with van der Waals surface area (Å²) < 4.78 is 17.4. The lowest BCUT2D eigenvalue weighted by Crippen LogP contribution is -2.48. The quantitative estimate of drug-likeness (QED) is 0.494. The summed E-state index contributed by atoms with van der Waals surface area (Å²) in [6, 6.07) is 7.98. The minimum atomic E-state index is -0.776. The van der Waals surface area contributed by atoms with Crippen molar-refractivity contribution >= 4 is 22.7 Å². The topological polar surface area (TPSA) is 83.0 Å². The van der Waals surface area contributed by atoms with Gasteiger partial charge in [0.15, 0.2) is 5.96 Å². The van der Waals surface area contributed by atoms with Gasteiger partial charge < -0.3 is 20.3 Å². The SMILES string of the molecule is CCS(=O)C1CCCC(NC(=NCc2ccc(OC)cc2)NCC(=O)N(C)C)C1. The van der Waals surface area contributed by atoms with E-state index in [2.05, 4.69) is 15.6 Å². The van der Waals surface area contributed by atoms with Gasteiger partial charge in [-0.25, -0.2) is 4.99 Å². The van der Waals surface area contributed by atoms with Crippen LogP contribution in [-0.4, -0.2) is 65.8 Å². The van der Waals surface area contributed by atoms with Crippen LogP contribution in [0.15, 0.2) is 29.3 Å². The van der Waals surface area contributed by atoms with Gasteiger partial charge in [-0.05, 0) is 37.0 Å². The summed E-state index contributed by atoms with van der Waals surface area (Å²) in [7, 11) is 4.33. The molecule has 1 saturated carbocycles. The summed E-state index contributed by atoms with van der Waals surface area (Å²) in [4.78, 5) is 18.2. The van der Waals surface area contributed by atoms with Gasteiger partial charge in [0, 0.05) is 41.9 Å². The standard InChI is InChI=1S/C21H34N4O3S/c1-5-29(27)19-8-6-7-17(13-19)24-21(23-15-20(26)25(2)3)22-14-16-9-11-18(28-4)12-10-16/h9-12,17,19H,5-8,13-15H2,1-4H3,(H2,22,23,24). The van der Waals surface area contributed by atoms with Crippen LogP contribution in [0.4, 0.5) is 0 Å². The van der Waals surface area contributed by atoms with E-state index in [1.807, 2.05) is 31.2 Å². The van der Waals surface area contributed by atoms with Crippen LogP contribution in [0.3, 0.4) is 0 Å². The van der Waals surface area contributed by atoms with Crippen molar-refractivity contribution in [1.29, 1.82) is 0 Å². The molecule has 1 amide bonds. The number of nitrogens with one attached hydrogen (secondary N) is 2. The molecule has 0 aliphatic heterocycles. The van der Waals surface area contributed by atoms with Crippen molar-refractivity contribution in [1.82, 2.24) is 15.5 Å². The molecule has 1 fully saturated rings. The number of likely N-dealkylation sites (N-methyl/N-ethyl adjacent to an activating group) is 1. The highest BCUT2D eigenvalue weighted by Gasteiger charge is 2.26. The van der Waals surface area contributed by atoms with E-state index in [0.717, 1.165) is 37.0 Å². The van der Waals surface area contributed by atoms with Crippen molar-refractivity contribution in [3.8, 4) is 5.75 Å². The van der Waals surface area contributed by atoms with Crippen LogP contribution in [0, 0.1) is 0 Å². The molecule has 1 aromatic rings. The van der Waals surface area contributed by atoms with Crippen LogP contribution >= 0.6 is 0 Å². The number of nitrogens with zero attached hydrogens (tertiary/aromatic N) is 2. The van der Waals surface area contributed by atoms with E-state index in [4.69, 9.17) is 4.74 Å². The van der Waals surface area contributed by atoms with Gasteiger partial charge in [-0.1, -0.05) is 25.5 Å². The number of methoxy groups -OCH3 is 1. The van der Waals surface area contributed by atoms with Crippen molar-refractivity contribution in [2.45, 2.75) is 50.4 Å². The Labute approximate surface area is 176 Å². The predicted molar refractivity (Wildman–Crippen MR) is 119 cm³/mol. The molecule has 8 heteroatoms. The maximum Gasteiger partial charge on any atom is 0.241 e. The number of aliphatic imine (C=N–C) groups is 1. The van der Waals surface area contributed by atoms with Crippen molar-refractivity contribution < 1.29 is 13.7 Å². The predicted octanol–water partition coefficient (Wildman–Crippen LogP) is 1.90. The van der Waals surface area contributed by atoms with E-state index in [1.165, 1.54) is 0 Å². The molecule has 0 radical (unpaired) electrons. The highest BCUT2D eigenvalue weighted by molar-refractivity contribution is 7.85. The Morgan fingerprint density at radius 2 is 2.00 bits per heavy atom. The van der Waals surface area contributed by atoms with Crippen molar-refractivity contribution in [3.05, 3.63) is 29.8 Å². The third-order valence-electron chi connectivity index (χ3n) is 5.11. The number of carbonyl (C=O) groups is 1. The second-order valence-corrected chi connectivity index (χ2v) is 9.46. The fourth-order valence-electron chi connectivity index (χ4n) is 3.32. The molecule has 0 saturated heterocycles. The van der Waals surface area contributed by atoms with E-state index in [9.17, 15) is 9.00 Å². The zero-order chi connectivity index (χ0) is 21.2. The number of benzene rings is 1. The van der Waals surface area contributed by atoms with Gasteiger partial charge in [0.25, 0.3) is 0 Å². The average molecular weight is 423 g/mol. The number of hydrogen-bond acceptors (Lipinski definition) is 4. The second kappa shape index (κ2) is 11.8. The van der Waals surface area contributed by atoms with Crippen LogP contribution in [0.5, 0.6) is 5.75 Å². The molecule has 0 aromatic heterocycles. The zero-order valence-electron chi connectivity index (χ0n) is 17.9. The monoisotopic (exact) mass is 422 g/mol. The third-order valence-corrected chi connectivity index (χ3v) is 6.85. The molecule has 1 aromatic carbocycles. The van der Waals surface area contributed by atoms with Crippen LogP contribution < -0.4 is 15.4 Å². The first kappa shape index (κ1) is 23.2. The summed E-state index contributed by atoms with van der Waals surface area (Å²) in [6.45, 7) is 2.65. The minimum Gasteiger partial charge on any atom is -0.497 e. The normalized spacial score (nSPS) is 20.6. The molecular formula is C21H34N4O3S. The summed E-state index contributed by atoms with van der Waals surface area (Å²) in [5.41, 5.74) is 1.06. The second-order valence-electron chi connectivity index (χ2n) is 7.45. The first-order chi connectivity index (χ1) is 13.9. The number of ether oxygens (including phenoxy) is 1. The number of rotatable bonds is 8. The van der Waals surface area contributed by atoms with Gasteiger partial charge in [-0.3, -0.25) is 9.00 Å². The highest BCUT2D eigenvalue weighted by Crippen LogP contribution is 2.23. The molecule has 1 aliphatic rings. The van der Waals surface area contributed by atoms with Gasteiger partial charge >= 0.3 is 0 Å². The van der Waals surface area contributed by atoms with Crippen LogP contribution in [-0.2, 0) is 22.1 Å². The zero-order valence-corrected chi connectivity index (χ0v) is 18.8. The Morgan fingerprint density at radius 3 is 2.62 bits per heavy atom. The number of amides is 1. The van der Waals surface area contributed by atoms with E-state index >= 15 is 0 Å². The fraction of sp³-hybridized carbons (Fsp3) is 0.619. The first-order valence-corrected chi connectivity index (χ1v) is 11.6. The average Bonchev–Trinajstić information content (AvgIpc) is 2.75. The molecule has 0 spiro atoms. The van der Waals surface area contributed by atoms with Crippen molar-refractivity contribution in [3.63, 3.8) is 0 Å². The van der Waals surface area contributed by atoms with Crippen molar-refractivity contribution in [2.75, 3.05) is 33.5 Å². The number of guanidine groups is 1. The minimum absolute atomic E-state index is 0.0162. The van der Waals surface area contributed by atoms with E-state index < -0.39 is 10.8 Å². The first-order valence-electron chi connectivity index (χ1n) is 10.2. The Kier molecular flexibility index (Phi) is 9.44. The smallest absolute Gasteiger partial charge is 0.241 e. The third kappa shape index (κ3) is 7.68. The van der Waals surface area contributed by atoms with Crippen LogP contribution in [0.25, 0.3) is 0 Å². The molecule has 3 atom stereocenters. The maximum absolute atomic E-state index is 12.2. The molecule has 1 aliphatic carbocycles. The number of carbonyl (C=O) groups excluding carboxylic acids is 1. The molecule has 2 N–H and O–H groups in total. The van der Waals surface area contributed by atoms with Crippen LogP contribution in [0.1, 0.15) is 38.2 Å². The van der Waals surface area contributed by atoms with Gasteiger partial charge in [0.1, 0.15) is 5.75 Å². The molecule has 0 heterocycles. The van der Waals surface area contributed by atoms with E-state index in [-0.39, 0.29) is 23.7 Å². The van der Waals surface area contributed by atoms with Gasteiger partial charge in [0.05, 0.1) is 20.2 Å². The molecule has 0 bridgehead atoms. The Morgan fingerprint density at radius 1 is 1.28 bits per heavy atom. The lowest BCUT2D eigenvalue weighted by Gasteiger charge is -2.30. The number of hydrogen-bond donors (Lipinski definition) is 2. The highest BCUT2D eigenvalue weighted by atomic mass is 32.2. The molecule has 29 heavy (non-hydrogen) atoms. The van der Waals surface area contributed by atoms with Gasteiger partial charge in [0.2, 0.25) is 5.91 Å². The lowest BCUT2D eigenvalue weighted by atomic mass is 9.95. The molecule has 7 nitrogen and oxygen atoms in total. The van der Waals surface area contributed by atoms with Crippen LogP contribution in [0.2, 0.25) is 0 Å². The summed E-state index contributed by atoms with van der Waals surface area (Å²) in [5.74, 6) is 2.11. The molecule has 3 unspecified atom stereocenters. The summed E-state index contributed by atoms with van der Waals surface area (Å²) in [6.07, 6.45) is 3.95. The molecule has 2 rings (SSSR count). The molecule has 162 valence electrons. The summed E-state index contributed by atoms with van der Waals surface area (Å²) >= 11 is 0. The fourth-order valence-corrected chi connectivity index (χ4v) is 4.66. The molecular weight excluding hydrogens is 388 g/mol. The van der Waals surface area contributed by atoms with E-state index in [0.29, 0.717) is 18.3 Å². The Hall–Kier alpha value is -2.09. The lowest BCUT2D eigenvalue weighted by molar-refractivity contribution is -0.127. The van der Waals surface area contributed by atoms with Gasteiger partial charge in [-0.15, -0.1) is 0 Å². The Bertz CT molecular complexity index is 706. The largest absolute Gasteiger partial charge is 0.497 e. The maximum atomic E-state index is 12.2. The van der Waals surface area contributed by atoms with E-state index in [1.54, 1.807) is 26.1 Å². The van der Waals surface area contributed by atoms with Gasteiger partial charge in [-0.2, -0.15) is 0 Å². The Balaban J connectivity index is 2.04. The van der Waals surface area contributed by atoms with Crippen molar-refractivity contribution in [2.24, 2.45) is 4.99 Å².